The number of fused-ring (bicyclic) bond motifs is 1. The lowest BCUT2D eigenvalue weighted by Crippen LogP contribution is -2.33. The SMILES string of the molecule is Nc1nccc(Oc2ccc3c(c2)CCN3C(=O)Nc2ccnc(C(F)(F)F)c2)n1. The fourth-order valence-corrected chi connectivity index (χ4v) is 3.04. The Morgan fingerprint density at radius 1 is 1.13 bits per heavy atom. The highest BCUT2D eigenvalue weighted by atomic mass is 19.4. The van der Waals surface area contributed by atoms with Gasteiger partial charge in [0.2, 0.25) is 11.8 Å². The van der Waals surface area contributed by atoms with Crippen molar-refractivity contribution in [2.45, 2.75) is 12.6 Å². The molecule has 3 heterocycles. The number of nitrogens with zero attached hydrogens (tertiary/aromatic N) is 4. The molecule has 3 aromatic rings. The zero-order chi connectivity index (χ0) is 21.3. The molecule has 3 N–H and O–H groups in total. The second kappa shape index (κ2) is 7.50. The zero-order valence-electron chi connectivity index (χ0n) is 15.3. The number of carbonyl (C=O) groups is 1. The summed E-state index contributed by atoms with van der Waals surface area (Å²) in [6, 6.07) is 8.26. The molecule has 0 atom stereocenters. The van der Waals surface area contributed by atoms with Crippen LogP contribution in [0, 0.1) is 0 Å². The molecular weight excluding hydrogens is 401 g/mol. The molecule has 1 aliphatic heterocycles. The van der Waals surface area contributed by atoms with E-state index in [1.807, 2.05) is 0 Å². The largest absolute Gasteiger partial charge is 0.439 e. The molecule has 0 saturated heterocycles. The Balaban J connectivity index is 1.49. The maximum Gasteiger partial charge on any atom is 0.433 e. The van der Waals surface area contributed by atoms with E-state index in [0.29, 0.717) is 24.4 Å². The minimum Gasteiger partial charge on any atom is -0.439 e. The number of rotatable bonds is 3. The predicted octanol–water partition coefficient (Wildman–Crippen LogP) is 3.86. The van der Waals surface area contributed by atoms with Crippen molar-refractivity contribution in [1.82, 2.24) is 15.0 Å². The lowest BCUT2D eigenvalue weighted by atomic mass is 10.1. The van der Waals surface area contributed by atoms with Crippen molar-refractivity contribution < 1.29 is 22.7 Å². The highest BCUT2D eigenvalue weighted by Crippen LogP contribution is 2.33. The fourth-order valence-electron chi connectivity index (χ4n) is 3.04. The van der Waals surface area contributed by atoms with Crippen molar-refractivity contribution in [3.63, 3.8) is 0 Å². The summed E-state index contributed by atoms with van der Waals surface area (Å²) in [7, 11) is 0. The van der Waals surface area contributed by atoms with Gasteiger partial charge in [0.25, 0.3) is 0 Å². The van der Waals surface area contributed by atoms with Gasteiger partial charge in [0.1, 0.15) is 11.4 Å². The van der Waals surface area contributed by atoms with Crippen LogP contribution in [0.5, 0.6) is 11.6 Å². The molecule has 154 valence electrons. The van der Waals surface area contributed by atoms with Crippen molar-refractivity contribution in [2.24, 2.45) is 0 Å². The smallest absolute Gasteiger partial charge is 0.433 e. The Morgan fingerprint density at radius 2 is 1.93 bits per heavy atom. The normalized spacial score (nSPS) is 13.1. The maximum absolute atomic E-state index is 12.8. The Morgan fingerprint density at radius 3 is 2.70 bits per heavy atom. The average Bonchev–Trinajstić information content (AvgIpc) is 3.11. The molecule has 8 nitrogen and oxygen atoms in total. The van der Waals surface area contributed by atoms with Crippen LogP contribution in [0.4, 0.5) is 35.3 Å². The Labute approximate surface area is 168 Å². The zero-order valence-corrected chi connectivity index (χ0v) is 15.3. The van der Waals surface area contributed by atoms with Crippen LogP contribution < -0.4 is 20.7 Å². The number of nitrogens with two attached hydrogens (primary N) is 1. The van der Waals surface area contributed by atoms with Gasteiger partial charge in [-0.15, -0.1) is 0 Å². The summed E-state index contributed by atoms with van der Waals surface area (Å²) in [5.41, 5.74) is 5.97. The number of urea groups is 1. The van der Waals surface area contributed by atoms with Crippen molar-refractivity contribution in [2.75, 3.05) is 22.5 Å². The van der Waals surface area contributed by atoms with E-state index in [9.17, 15) is 18.0 Å². The van der Waals surface area contributed by atoms with Crippen LogP contribution in [0.1, 0.15) is 11.3 Å². The third kappa shape index (κ3) is 4.09. The molecule has 0 aliphatic carbocycles. The molecule has 2 amide bonds. The van der Waals surface area contributed by atoms with E-state index in [0.717, 1.165) is 17.8 Å². The number of pyridine rings is 1. The molecule has 4 rings (SSSR count). The number of aromatic nitrogens is 3. The van der Waals surface area contributed by atoms with Crippen LogP contribution in [0.25, 0.3) is 0 Å². The van der Waals surface area contributed by atoms with Gasteiger partial charge in [-0.25, -0.2) is 9.78 Å². The molecule has 0 saturated carbocycles. The van der Waals surface area contributed by atoms with E-state index in [2.05, 4.69) is 20.3 Å². The number of benzene rings is 1. The molecule has 0 unspecified atom stereocenters. The molecule has 0 bridgehead atoms. The third-order valence-corrected chi connectivity index (χ3v) is 4.36. The van der Waals surface area contributed by atoms with Crippen molar-refractivity contribution >= 4 is 23.4 Å². The topological polar surface area (TPSA) is 106 Å². The summed E-state index contributed by atoms with van der Waals surface area (Å²) < 4.78 is 44.1. The summed E-state index contributed by atoms with van der Waals surface area (Å²) in [6.45, 7) is 0.377. The van der Waals surface area contributed by atoms with Gasteiger partial charge < -0.3 is 15.8 Å². The quantitative estimate of drug-likeness (QED) is 0.672. The van der Waals surface area contributed by atoms with Gasteiger partial charge in [0.05, 0.1) is 0 Å². The second-order valence-corrected chi connectivity index (χ2v) is 6.40. The number of nitrogens with one attached hydrogen (secondary N) is 1. The molecule has 11 heteroatoms. The number of ether oxygens (including phenoxy) is 1. The molecule has 30 heavy (non-hydrogen) atoms. The summed E-state index contributed by atoms with van der Waals surface area (Å²) >= 11 is 0. The van der Waals surface area contributed by atoms with Crippen LogP contribution in [-0.4, -0.2) is 27.5 Å². The van der Waals surface area contributed by atoms with Gasteiger partial charge in [0, 0.05) is 36.4 Å². The molecule has 0 fully saturated rings. The number of halogens is 3. The maximum atomic E-state index is 12.8. The number of nitrogen functional groups attached to an aromatic ring is 1. The van der Waals surface area contributed by atoms with Crippen molar-refractivity contribution in [3.05, 3.63) is 60.0 Å². The lowest BCUT2D eigenvalue weighted by molar-refractivity contribution is -0.141. The minimum atomic E-state index is -4.59. The molecule has 0 radical (unpaired) electrons. The van der Waals surface area contributed by atoms with E-state index in [1.54, 1.807) is 24.3 Å². The van der Waals surface area contributed by atoms with Crippen LogP contribution in [0.3, 0.4) is 0 Å². The molecular formula is C19H15F3N6O2. The van der Waals surface area contributed by atoms with Gasteiger partial charge in [0.15, 0.2) is 0 Å². The minimum absolute atomic E-state index is 0.0112. The number of hydrogen-bond donors (Lipinski definition) is 2. The summed E-state index contributed by atoms with van der Waals surface area (Å²) in [4.78, 5) is 25.1. The van der Waals surface area contributed by atoms with Crippen LogP contribution in [0.15, 0.2) is 48.8 Å². The number of anilines is 3. The summed E-state index contributed by atoms with van der Waals surface area (Å²) in [5, 5.41) is 2.48. The predicted molar refractivity (Wildman–Crippen MR) is 102 cm³/mol. The van der Waals surface area contributed by atoms with E-state index in [4.69, 9.17) is 10.5 Å². The van der Waals surface area contributed by atoms with E-state index >= 15 is 0 Å². The lowest BCUT2D eigenvalue weighted by Gasteiger charge is -2.18. The first-order chi connectivity index (χ1) is 14.3. The van der Waals surface area contributed by atoms with E-state index < -0.39 is 17.9 Å². The van der Waals surface area contributed by atoms with Crippen LogP contribution in [0.2, 0.25) is 0 Å². The third-order valence-electron chi connectivity index (χ3n) is 4.36. The van der Waals surface area contributed by atoms with Gasteiger partial charge in [-0.1, -0.05) is 0 Å². The van der Waals surface area contributed by atoms with E-state index in [-0.39, 0.29) is 17.5 Å². The summed E-state index contributed by atoms with van der Waals surface area (Å²) in [6.07, 6.45) is -1.55. The van der Waals surface area contributed by atoms with Crippen molar-refractivity contribution in [1.29, 1.82) is 0 Å². The first-order valence-corrected chi connectivity index (χ1v) is 8.81. The van der Waals surface area contributed by atoms with Gasteiger partial charge in [-0.2, -0.15) is 18.2 Å². The Bertz CT molecular complexity index is 1110. The number of carbonyl (C=O) groups excluding carboxylic acids is 1. The van der Waals surface area contributed by atoms with E-state index in [1.165, 1.54) is 17.2 Å². The number of hydrogen-bond acceptors (Lipinski definition) is 6. The first kappa shape index (κ1) is 19.4. The molecule has 0 spiro atoms. The van der Waals surface area contributed by atoms with Gasteiger partial charge in [-0.05, 0) is 42.3 Å². The highest BCUT2D eigenvalue weighted by Gasteiger charge is 2.33. The van der Waals surface area contributed by atoms with Crippen molar-refractivity contribution in [3.8, 4) is 11.6 Å². The standard InChI is InChI=1S/C19H15F3N6O2/c20-19(21,22)15-10-12(3-6-24-15)26-18(29)28-8-5-11-9-13(1-2-14(11)28)30-16-4-7-25-17(23)27-16/h1-4,6-7,9-10H,5,8H2,(H2,23,25,27)(H,24,26,29). The summed E-state index contributed by atoms with van der Waals surface area (Å²) in [5.74, 6) is 0.882. The second-order valence-electron chi connectivity index (χ2n) is 6.40. The fraction of sp³-hybridized carbons (Fsp3) is 0.158. The molecule has 1 aliphatic rings. The average molecular weight is 416 g/mol. The number of amides is 2. The molecule has 1 aromatic carbocycles. The number of alkyl halides is 3. The first-order valence-electron chi connectivity index (χ1n) is 8.81. The van der Waals surface area contributed by atoms with Crippen LogP contribution >= 0.6 is 0 Å². The van der Waals surface area contributed by atoms with Gasteiger partial charge in [-0.3, -0.25) is 9.88 Å². The Hall–Kier alpha value is -3.89. The van der Waals surface area contributed by atoms with Gasteiger partial charge >= 0.3 is 12.2 Å². The van der Waals surface area contributed by atoms with Crippen LogP contribution in [-0.2, 0) is 12.6 Å². The highest BCUT2D eigenvalue weighted by molar-refractivity contribution is 6.03. The molecule has 2 aromatic heterocycles. The Kier molecular flexibility index (Phi) is 4.86. The monoisotopic (exact) mass is 416 g/mol.